The molecule has 0 saturated heterocycles. The van der Waals surface area contributed by atoms with Crippen molar-refractivity contribution >= 4 is 9.84 Å². The van der Waals surface area contributed by atoms with Gasteiger partial charge in [0.05, 0.1) is 17.9 Å². The summed E-state index contributed by atoms with van der Waals surface area (Å²) in [6, 6.07) is 5.98. The fraction of sp³-hybridized carbons (Fsp3) is 0.450. The minimum atomic E-state index is -4.36. The second kappa shape index (κ2) is 8.10. The predicted octanol–water partition coefficient (Wildman–Crippen LogP) is 4.61. The zero-order valence-electron chi connectivity index (χ0n) is 16.8. The summed E-state index contributed by atoms with van der Waals surface area (Å²) in [4.78, 5) is 8.92. The lowest BCUT2D eigenvalue weighted by Gasteiger charge is -2.07. The van der Waals surface area contributed by atoms with Crippen LogP contribution in [-0.4, -0.2) is 40.6 Å². The molecule has 3 aromatic rings. The maximum atomic E-state index is 12.8. The summed E-state index contributed by atoms with van der Waals surface area (Å²) in [5.74, 6) is 1.02. The normalized spacial score (nSPS) is 15.6. The highest BCUT2D eigenvalue weighted by Crippen LogP contribution is 2.35. The van der Waals surface area contributed by atoms with E-state index in [4.69, 9.17) is 4.42 Å². The molecule has 0 atom stereocenters. The molecule has 4 rings (SSSR count). The molecule has 11 heteroatoms. The first-order valence-corrected chi connectivity index (χ1v) is 11.8. The van der Waals surface area contributed by atoms with Crippen LogP contribution in [0.15, 0.2) is 39.8 Å². The van der Waals surface area contributed by atoms with Gasteiger partial charge in [0.15, 0.2) is 27.4 Å². The number of aryl methyl sites for hydroxylation is 1. The quantitative estimate of drug-likeness (QED) is 0.540. The topological polar surface area (TPSA) is 90.9 Å². The Morgan fingerprint density at radius 2 is 1.94 bits per heavy atom. The van der Waals surface area contributed by atoms with E-state index in [1.54, 1.807) is 6.07 Å². The van der Waals surface area contributed by atoms with Crippen LogP contribution < -0.4 is 0 Å². The fourth-order valence-corrected chi connectivity index (χ4v) is 4.33. The molecule has 7 nitrogen and oxygen atoms in total. The number of nitrogens with zero attached hydrogens (tertiary/aromatic N) is 4. The Morgan fingerprint density at radius 1 is 1.19 bits per heavy atom. The van der Waals surface area contributed by atoms with E-state index in [0.717, 1.165) is 36.6 Å². The van der Waals surface area contributed by atoms with E-state index in [1.807, 2.05) is 0 Å². The van der Waals surface area contributed by atoms with Gasteiger partial charge in [-0.25, -0.2) is 23.1 Å². The van der Waals surface area contributed by atoms with Gasteiger partial charge in [-0.3, -0.25) is 0 Å². The van der Waals surface area contributed by atoms with Gasteiger partial charge < -0.3 is 4.42 Å². The molecule has 1 saturated carbocycles. The molecule has 0 aliphatic heterocycles. The Balaban J connectivity index is 1.73. The average Bonchev–Trinajstić information content (AvgIpc) is 3.44. The molecule has 0 unspecified atom stereocenters. The molecule has 0 N–H and O–H groups in total. The third kappa shape index (κ3) is 4.97. The summed E-state index contributed by atoms with van der Waals surface area (Å²) >= 11 is 0. The molecule has 1 fully saturated rings. The zero-order valence-corrected chi connectivity index (χ0v) is 17.6. The second-order valence-corrected chi connectivity index (χ2v) is 9.72. The summed E-state index contributed by atoms with van der Waals surface area (Å²) in [5.41, 5.74) is 0.691. The summed E-state index contributed by atoms with van der Waals surface area (Å²) in [5, 5.41) is 4.22. The summed E-state index contributed by atoms with van der Waals surface area (Å²) in [6.07, 6.45) is 1.12. The van der Waals surface area contributed by atoms with Crippen LogP contribution in [0, 0.1) is 0 Å². The van der Waals surface area contributed by atoms with Crippen molar-refractivity contribution in [3.05, 3.63) is 36.4 Å². The van der Waals surface area contributed by atoms with Crippen molar-refractivity contribution in [3.63, 3.8) is 0 Å². The van der Waals surface area contributed by atoms with Crippen molar-refractivity contribution in [2.24, 2.45) is 0 Å². The van der Waals surface area contributed by atoms with Gasteiger partial charge in [-0.1, -0.05) is 25.0 Å². The number of alkyl halides is 3. The first-order valence-electron chi connectivity index (χ1n) is 9.88. The molecule has 1 aromatic carbocycles. The molecule has 1 aliphatic carbocycles. The minimum Gasteiger partial charge on any atom is -0.448 e. The first kappa shape index (κ1) is 21.5. The summed E-state index contributed by atoms with van der Waals surface area (Å²) in [6.45, 7) is -0.441. The van der Waals surface area contributed by atoms with E-state index in [9.17, 15) is 21.6 Å². The van der Waals surface area contributed by atoms with E-state index in [-0.39, 0.29) is 22.5 Å². The lowest BCUT2D eigenvalue weighted by atomic mass is 10.1. The molecule has 0 bridgehead atoms. The largest absolute Gasteiger partial charge is 0.448 e. The van der Waals surface area contributed by atoms with Crippen LogP contribution in [0.2, 0.25) is 0 Å². The molecule has 0 radical (unpaired) electrons. The predicted molar refractivity (Wildman–Crippen MR) is 106 cm³/mol. The van der Waals surface area contributed by atoms with Crippen LogP contribution in [0.5, 0.6) is 0 Å². The van der Waals surface area contributed by atoms with Gasteiger partial charge in [0.1, 0.15) is 12.0 Å². The Hall–Kier alpha value is -2.69. The van der Waals surface area contributed by atoms with E-state index in [1.165, 1.54) is 24.5 Å². The number of rotatable bonds is 6. The highest BCUT2D eigenvalue weighted by molar-refractivity contribution is 7.90. The van der Waals surface area contributed by atoms with Crippen LogP contribution in [0.1, 0.15) is 43.9 Å². The molecule has 2 aromatic heterocycles. The third-order valence-electron chi connectivity index (χ3n) is 5.25. The van der Waals surface area contributed by atoms with Crippen LogP contribution in [0.25, 0.3) is 22.9 Å². The molecule has 1 aliphatic rings. The van der Waals surface area contributed by atoms with Crippen molar-refractivity contribution in [2.75, 3.05) is 6.26 Å². The molecule has 2 heterocycles. The Kier molecular flexibility index (Phi) is 5.63. The van der Waals surface area contributed by atoms with E-state index < -0.39 is 29.0 Å². The maximum Gasteiger partial charge on any atom is 0.390 e. The van der Waals surface area contributed by atoms with Gasteiger partial charge in [0.25, 0.3) is 0 Å². The van der Waals surface area contributed by atoms with Gasteiger partial charge in [0.2, 0.25) is 0 Å². The molecular weight excluding hydrogens is 433 g/mol. The standard InChI is InChI=1S/C20H21F3N4O3S/c1-31(28,29)15-8-4-7-14(11-15)17-25-18(27(26-17)10-9-20(21,22)23)16-12-30-19(24-16)13-5-2-3-6-13/h4,7-8,11-13H,2-3,5-6,9-10H2,1H3. The Labute approximate surface area is 177 Å². The second-order valence-electron chi connectivity index (χ2n) is 7.70. The number of aromatic nitrogens is 4. The van der Waals surface area contributed by atoms with Crippen LogP contribution in [0.3, 0.4) is 0 Å². The molecular formula is C20H21F3N4O3S. The number of hydrogen-bond donors (Lipinski definition) is 0. The third-order valence-corrected chi connectivity index (χ3v) is 6.36. The summed E-state index contributed by atoms with van der Waals surface area (Å²) in [7, 11) is -3.46. The van der Waals surface area contributed by atoms with Crippen molar-refractivity contribution in [3.8, 4) is 22.9 Å². The molecule has 31 heavy (non-hydrogen) atoms. The summed E-state index contributed by atoms with van der Waals surface area (Å²) < 4.78 is 69.0. The maximum absolute atomic E-state index is 12.8. The van der Waals surface area contributed by atoms with Crippen molar-refractivity contribution in [1.82, 2.24) is 19.7 Å². The van der Waals surface area contributed by atoms with Gasteiger partial charge in [-0.05, 0) is 25.0 Å². The molecule has 0 spiro atoms. The van der Waals surface area contributed by atoms with E-state index in [2.05, 4.69) is 15.1 Å². The average molecular weight is 454 g/mol. The highest BCUT2D eigenvalue weighted by atomic mass is 32.2. The monoisotopic (exact) mass is 454 g/mol. The first-order chi connectivity index (χ1) is 14.6. The number of benzene rings is 1. The van der Waals surface area contributed by atoms with Gasteiger partial charge in [0, 0.05) is 17.7 Å². The number of hydrogen-bond acceptors (Lipinski definition) is 6. The van der Waals surface area contributed by atoms with E-state index >= 15 is 0 Å². The van der Waals surface area contributed by atoms with Crippen molar-refractivity contribution < 1.29 is 26.0 Å². The SMILES string of the molecule is CS(=O)(=O)c1cccc(-c2nc(-c3coc(C4CCCC4)n3)n(CCC(F)(F)F)n2)c1. The molecule has 166 valence electrons. The van der Waals surface area contributed by atoms with Gasteiger partial charge in [-0.2, -0.15) is 18.3 Å². The van der Waals surface area contributed by atoms with Crippen LogP contribution in [-0.2, 0) is 16.4 Å². The number of sulfone groups is 1. The minimum absolute atomic E-state index is 0.0724. The van der Waals surface area contributed by atoms with E-state index in [0.29, 0.717) is 17.1 Å². The Morgan fingerprint density at radius 3 is 2.61 bits per heavy atom. The van der Waals surface area contributed by atoms with Crippen LogP contribution >= 0.6 is 0 Å². The highest BCUT2D eigenvalue weighted by Gasteiger charge is 2.29. The lowest BCUT2D eigenvalue weighted by Crippen LogP contribution is -2.14. The van der Waals surface area contributed by atoms with Crippen molar-refractivity contribution in [1.29, 1.82) is 0 Å². The number of oxazole rings is 1. The fourth-order valence-electron chi connectivity index (χ4n) is 3.66. The molecule has 0 amide bonds. The van der Waals surface area contributed by atoms with Gasteiger partial charge >= 0.3 is 6.18 Å². The smallest absolute Gasteiger partial charge is 0.390 e. The van der Waals surface area contributed by atoms with Crippen molar-refractivity contribution in [2.45, 2.75) is 55.6 Å². The lowest BCUT2D eigenvalue weighted by molar-refractivity contribution is -0.137. The van der Waals surface area contributed by atoms with Gasteiger partial charge in [-0.15, -0.1) is 0 Å². The van der Waals surface area contributed by atoms with Crippen LogP contribution in [0.4, 0.5) is 13.2 Å². The number of halogens is 3. The Bertz CT molecular complexity index is 1180. The zero-order chi connectivity index (χ0) is 22.2.